The monoisotopic (exact) mass is 433 g/mol. The van der Waals surface area contributed by atoms with E-state index in [1.807, 2.05) is 31.5 Å². The molecule has 2 heterocycles. The van der Waals surface area contributed by atoms with Crippen molar-refractivity contribution >= 4 is 12.0 Å². The van der Waals surface area contributed by atoms with E-state index < -0.39 is 17.2 Å². The molecule has 1 aromatic heterocycles. The van der Waals surface area contributed by atoms with Crippen molar-refractivity contribution in [1.29, 1.82) is 0 Å². The van der Waals surface area contributed by atoms with Gasteiger partial charge in [-0.2, -0.15) is 0 Å². The Morgan fingerprint density at radius 3 is 2.35 bits per heavy atom. The van der Waals surface area contributed by atoms with E-state index in [-0.39, 0.29) is 36.6 Å². The van der Waals surface area contributed by atoms with Crippen molar-refractivity contribution in [3.8, 4) is 0 Å². The average Bonchev–Trinajstić information content (AvgIpc) is 3.19. The van der Waals surface area contributed by atoms with Crippen molar-refractivity contribution in [2.24, 2.45) is 0 Å². The number of halogens is 2. The highest BCUT2D eigenvalue weighted by atomic mass is 19.1. The summed E-state index contributed by atoms with van der Waals surface area (Å²) in [6, 6.07) is 7.32. The van der Waals surface area contributed by atoms with Crippen LogP contribution in [0.5, 0.6) is 0 Å². The summed E-state index contributed by atoms with van der Waals surface area (Å²) in [4.78, 5) is 26.6. The molecular formula is C23H29F2N3O3. The minimum atomic E-state index is -0.616. The predicted molar refractivity (Wildman–Crippen MR) is 113 cm³/mol. The van der Waals surface area contributed by atoms with E-state index in [4.69, 9.17) is 4.74 Å². The molecule has 2 amide bonds. The fourth-order valence-electron chi connectivity index (χ4n) is 3.72. The van der Waals surface area contributed by atoms with Crippen LogP contribution < -0.4 is 5.32 Å². The molecule has 1 aromatic carbocycles. The van der Waals surface area contributed by atoms with E-state index in [1.54, 1.807) is 17.0 Å². The summed E-state index contributed by atoms with van der Waals surface area (Å²) in [6.45, 7) is 6.73. The number of piperidine rings is 1. The second-order valence-corrected chi connectivity index (χ2v) is 8.71. The Kier molecular flexibility index (Phi) is 6.97. The fourth-order valence-corrected chi connectivity index (χ4v) is 3.72. The number of ether oxygens (including phenoxy) is 1. The molecule has 0 saturated carbocycles. The van der Waals surface area contributed by atoms with Gasteiger partial charge in [0.1, 0.15) is 22.9 Å². The molecule has 31 heavy (non-hydrogen) atoms. The number of aromatic nitrogens is 1. The Morgan fingerprint density at radius 1 is 1.10 bits per heavy atom. The predicted octanol–water partition coefficient (Wildman–Crippen LogP) is 4.31. The van der Waals surface area contributed by atoms with Gasteiger partial charge in [-0.25, -0.2) is 13.6 Å². The molecule has 6 nitrogen and oxygen atoms in total. The first-order valence-corrected chi connectivity index (χ1v) is 10.5. The first-order chi connectivity index (χ1) is 14.7. The van der Waals surface area contributed by atoms with Crippen LogP contribution in [0.15, 0.2) is 36.5 Å². The van der Waals surface area contributed by atoms with Gasteiger partial charge >= 0.3 is 6.09 Å². The molecule has 0 radical (unpaired) electrons. The van der Waals surface area contributed by atoms with E-state index in [9.17, 15) is 18.4 Å². The normalized spacial score (nSPS) is 15.1. The summed E-state index contributed by atoms with van der Waals surface area (Å²) in [7, 11) is 0. The second kappa shape index (κ2) is 9.49. The summed E-state index contributed by atoms with van der Waals surface area (Å²) < 4.78 is 34.8. The Bertz CT molecular complexity index is 908. The van der Waals surface area contributed by atoms with Crippen LogP contribution in [0.1, 0.15) is 55.7 Å². The number of nitrogens with one attached hydrogen (secondary N) is 1. The minimum Gasteiger partial charge on any atom is -0.444 e. The minimum absolute atomic E-state index is 0.0345. The van der Waals surface area contributed by atoms with Gasteiger partial charge in [-0.15, -0.1) is 0 Å². The lowest BCUT2D eigenvalue weighted by atomic mass is 10.0. The first kappa shape index (κ1) is 22.8. The number of amides is 2. The number of nitrogens with zero attached hydrogens (tertiary/aromatic N) is 2. The van der Waals surface area contributed by atoms with Crippen LogP contribution in [0.3, 0.4) is 0 Å². The number of benzene rings is 1. The molecule has 0 spiro atoms. The lowest BCUT2D eigenvalue weighted by Gasteiger charge is -2.34. The summed E-state index contributed by atoms with van der Waals surface area (Å²) in [5, 5.41) is 2.74. The summed E-state index contributed by atoms with van der Waals surface area (Å²) in [5.41, 5.74) is -0.0806. The van der Waals surface area contributed by atoms with Gasteiger partial charge in [0.25, 0.3) is 5.91 Å². The maximum atomic E-state index is 13.7. The maximum absolute atomic E-state index is 13.7. The van der Waals surface area contributed by atoms with Crippen LogP contribution in [0.2, 0.25) is 0 Å². The number of rotatable bonds is 5. The van der Waals surface area contributed by atoms with Crippen molar-refractivity contribution in [2.75, 3.05) is 19.6 Å². The van der Waals surface area contributed by atoms with E-state index in [2.05, 4.69) is 5.32 Å². The maximum Gasteiger partial charge on any atom is 0.410 e. The van der Waals surface area contributed by atoms with Crippen LogP contribution in [0.25, 0.3) is 0 Å². The largest absolute Gasteiger partial charge is 0.444 e. The third-order valence-corrected chi connectivity index (χ3v) is 5.24. The van der Waals surface area contributed by atoms with Gasteiger partial charge in [-0.3, -0.25) is 4.79 Å². The zero-order chi connectivity index (χ0) is 22.6. The Morgan fingerprint density at radius 2 is 1.74 bits per heavy atom. The van der Waals surface area contributed by atoms with E-state index >= 15 is 0 Å². The lowest BCUT2D eigenvalue weighted by molar-refractivity contribution is 0.0187. The van der Waals surface area contributed by atoms with Gasteiger partial charge in [0.05, 0.1) is 0 Å². The molecule has 3 rings (SSSR count). The zero-order valence-electron chi connectivity index (χ0n) is 18.2. The van der Waals surface area contributed by atoms with Crippen molar-refractivity contribution < 1.29 is 23.1 Å². The van der Waals surface area contributed by atoms with Gasteiger partial charge in [-0.05, 0) is 64.3 Å². The molecule has 1 saturated heterocycles. The van der Waals surface area contributed by atoms with Crippen LogP contribution in [-0.4, -0.2) is 46.7 Å². The van der Waals surface area contributed by atoms with Crippen LogP contribution >= 0.6 is 0 Å². The Balaban J connectivity index is 1.55. The van der Waals surface area contributed by atoms with Crippen LogP contribution in [-0.2, 0) is 11.2 Å². The molecule has 2 aromatic rings. The molecule has 1 aliphatic heterocycles. The lowest BCUT2D eigenvalue weighted by Crippen LogP contribution is -2.42. The molecule has 1 fully saturated rings. The molecule has 1 aliphatic rings. The Hall–Kier alpha value is -2.90. The molecule has 168 valence electrons. The van der Waals surface area contributed by atoms with E-state index in [1.165, 1.54) is 18.2 Å². The summed E-state index contributed by atoms with van der Waals surface area (Å²) >= 11 is 0. The first-order valence-electron chi connectivity index (χ1n) is 10.5. The highest BCUT2D eigenvalue weighted by Gasteiger charge is 2.28. The molecular weight excluding hydrogens is 404 g/mol. The summed E-state index contributed by atoms with van der Waals surface area (Å²) in [5.74, 6) is -1.53. The Labute approximate surface area is 181 Å². The SMILES string of the molecule is CC(C)(C)OC(=O)N1CCC(n2cccc2C(=O)NCCc2c(F)cccc2F)CC1. The number of hydrogen-bond acceptors (Lipinski definition) is 3. The number of likely N-dealkylation sites (tertiary alicyclic amines) is 1. The molecule has 0 bridgehead atoms. The van der Waals surface area contributed by atoms with Crippen molar-refractivity contribution in [3.63, 3.8) is 0 Å². The number of hydrogen-bond donors (Lipinski definition) is 1. The quantitative estimate of drug-likeness (QED) is 0.764. The highest BCUT2D eigenvalue weighted by Crippen LogP contribution is 2.25. The number of carbonyl (C=O) groups excluding carboxylic acids is 2. The molecule has 0 atom stereocenters. The highest BCUT2D eigenvalue weighted by molar-refractivity contribution is 5.92. The van der Waals surface area contributed by atoms with Gasteiger partial charge in [0, 0.05) is 37.4 Å². The molecule has 0 aliphatic carbocycles. The van der Waals surface area contributed by atoms with Crippen LogP contribution in [0.4, 0.5) is 13.6 Å². The van der Waals surface area contributed by atoms with E-state index in [0.29, 0.717) is 31.6 Å². The van der Waals surface area contributed by atoms with Gasteiger partial charge in [0.2, 0.25) is 0 Å². The van der Waals surface area contributed by atoms with Gasteiger partial charge in [-0.1, -0.05) is 6.07 Å². The van der Waals surface area contributed by atoms with Crippen LogP contribution in [0, 0.1) is 11.6 Å². The molecule has 1 N–H and O–H groups in total. The average molecular weight is 433 g/mol. The van der Waals surface area contributed by atoms with Crippen molar-refractivity contribution in [3.05, 3.63) is 59.4 Å². The number of carbonyl (C=O) groups is 2. The van der Waals surface area contributed by atoms with Crippen molar-refractivity contribution in [1.82, 2.24) is 14.8 Å². The third kappa shape index (κ3) is 5.83. The molecule has 8 heteroatoms. The fraction of sp³-hybridized carbons (Fsp3) is 0.478. The standard InChI is InChI=1S/C23H29F2N3O3/c1-23(2,3)31-22(30)27-14-10-16(11-15-27)28-13-5-8-20(28)21(29)26-12-9-17-18(24)6-4-7-19(17)25/h4-8,13,16H,9-12,14-15H2,1-3H3,(H,26,29). The van der Waals surface area contributed by atoms with Gasteiger partial charge < -0.3 is 19.5 Å². The zero-order valence-corrected chi connectivity index (χ0v) is 18.2. The second-order valence-electron chi connectivity index (χ2n) is 8.71. The topological polar surface area (TPSA) is 63.6 Å². The van der Waals surface area contributed by atoms with E-state index in [0.717, 1.165) is 0 Å². The molecule has 0 unspecified atom stereocenters. The summed E-state index contributed by atoms with van der Waals surface area (Å²) in [6.07, 6.45) is 3.00. The van der Waals surface area contributed by atoms with Crippen molar-refractivity contribution in [2.45, 2.75) is 51.7 Å². The smallest absolute Gasteiger partial charge is 0.410 e. The van der Waals surface area contributed by atoms with Gasteiger partial charge in [0.15, 0.2) is 0 Å². The third-order valence-electron chi connectivity index (χ3n) is 5.24.